The average molecular weight is 288 g/mol. The fourth-order valence-electron chi connectivity index (χ4n) is 2.68. The first-order valence-electron chi connectivity index (χ1n) is 7.37. The summed E-state index contributed by atoms with van der Waals surface area (Å²) in [4.78, 5) is 2.33. The van der Waals surface area contributed by atoms with Crippen molar-refractivity contribution in [1.29, 1.82) is 0 Å². The molecule has 0 aliphatic carbocycles. The van der Waals surface area contributed by atoms with Gasteiger partial charge in [-0.3, -0.25) is 4.90 Å². The van der Waals surface area contributed by atoms with E-state index >= 15 is 0 Å². The van der Waals surface area contributed by atoms with Gasteiger partial charge >= 0.3 is 0 Å². The summed E-state index contributed by atoms with van der Waals surface area (Å²) in [6, 6.07) is 6.61. The maximum atomic E-state index is 5.35. The molecule has 4 heteroatoms. The van der Waals surface area contributed by atoms with Crippen LogP contribution in [0.25, 0.3) is 0 Å². The third kappa shape index (κ3) is 4.38. The van der Waals surface area contributed by atoms with Crippen LogP contribution in [0.4, 0.5) is 0 Å². The van der Waals surface area contributed by atoms with Crippen LogP contribution in [0.1, 0.15) is 18.4 Å². The van der Waals surface area contributed by atoms with Crippen LogP contribution in [-0.4, -0.2) is 44.8 Å². The molecule has 2 rings (SSSR count). The van der Waals surface area contributed by atoms with Crippen molar-refractivity contribution in [1.82, 2.24) is 10.2 Å². The van der Waals surface area contributed by atoms with Crippen LogP contribution in [0.3, 0.4) is 0 Å². The number of nitrogens with zero attached hydrogens (tertiary/aromatic N) is 1. The molecule has 1 N–H and O–H groups in total. The summed E-state index contributed by atoms with van der Waals surface area (Å²) in [6.45, 7) is 3.77. The number of hydrogen-bond donors (Lipinski definition) is 1. The van der Waals surface area contributed by atoms with Crippen molar-refractivity contribution in [2.24, 2.45) is 0 Å². The number of rotatable bonds is 6. The second kappa shape index (κ2) is 7.92. The molecule has 21 heavy (non-hydrogen) atoms. The van der Waals surface area contributed by atoms with Gasteiger partial charge in [-0.25, -0.2) is 0 Å². The Morgan fingerprint density at radius 2 is 1.95 bits per heavy atom. The maximum absolute atomic E-state index is 5.35. The van der Waals surface area contributed by atoms with Gasteiger partial charge in [0.2, 0.25) is 0 Å². The Morgan fingerprint density at radius 3 is 2.57 bits per heavy atom. The van der Waals surface area contributed by atoms with Gasteiger partial charge in [0.25, 0.3) is 0 Å². The highest BCUT2D eigenvalue weighted by molar-refractivity contribution is 5.42. The lowest BCUT2D eigenvalue weighted by Gasteiger charge is -2.31. The number of methoxy groups -OCH3 is 2. The predicted molar refractivity (Wildman–Crippen MR) is 84.7 cm³/mol. The van der Waals surface area contributed by atoms with Crippen LogP contribution >= 0.6 is 0 Å². The van der Waals surface area contributed by atoms with Gasteiger partial charge in [-0.2, -0.15) is 0 Å². The van der Waals surface area contributed by atoms with Crippen molar-refractivity contribution in [3.8, 4) is 23.8 Å². The van der Waals surface area contributed by atoms with E-state index < -0.39 is 0 Å². The summed E-state index contributed by atoms with van der Waals surface area (Å²) in [5, 5.41) is 3.61. The van der Waals surface area contributed by atoms with Gasteiger partial charge in [0.15, 0.2) is 11.5 Å². The fraction of sp³-hybridized carbons (Fsp3) is 0.529. The number of benzene rings is 1. The lowest BCUT2D eigenvalue weighted by Crippen LogP contribution is -2.42. The number of ether oxygens (including phenoxy) is 2. The van der Waals surface area contributed by atoms with Crippen LogP contribution in [-0.2, 0) is 6.54 Å². The second-order valence-electron chi connectivity index (χ2n) is 5.32. The normalized spacial score (nSPS) is 16.4. The molecule has 0 radical (unpaired) electrons. The largest absolute Gasteiger partial charge is 0.493 e. The first-order valence-corrected chi connectivity index (χ1v) is 7.37. The molecule has 0 unspecified atom stereocenters. The molecule has 1 aliphatic heterocycles. The van der Waals surface area contributed by atoms with E-state index in [2.05, 4.69) is 22.2 Å². The SMILES string of the molecule is C#CCN1CCC(NCc2ccc(OC)c(OC)c2)CC1. The molecule has 1 saturated heterocycles. The van der Waals surface area contributed by atoms with E-state index in [1.165, 1.54) is 5.56 Å². The molecule has 1 heterocycles. The number of terminal acetylenes is 1. The minimum atomic E-state index is 0.562. The summed E-state index contributed by atoms with van der Waals surface area (Å²) >= 11 is 0. The smallest absolute Gasteiger partial charge is 0.161 e. The second-order valence-corrected chi connectivity index (χ2v) is 5.32. The molecule has 0 amide bonds. The number of nitrogens with one attached hydrogen (secondary N) is 1. The van der Waals surface area contributed by atoms with E-state index in [1.54, 1.807) is 14.2 Å². The van der Waals surface area contributed by atoms with E-state index in [9.17, 15) is 0 Å². The van der Waals surface area contributed by atoms with Gasteiger partial charge in [-0.1, -0.05) is 12.0 Å². The Kier molecular flexibility index (Phi) is 5.91. The highest BCUT2D eigenvalue weighted by Crippen LogP contribution is 2.27. The first-order chi connectivity index (χ1) is 10.3. The van der Waals surface area contributed by atoms with Crippen LogP contribution < -0.4 is 14.8 Å². The molecule has 114 valence electrons. The lowest BCUT2D eigenvalue weighted by atomic mass is 10.0. The van der Waals surface area contributed by atoms with E-state index in [0.29, 0.717) is 6.04 Å². The molecule has 0 saturated carbocycles. The minimum Gasteiger partial charge on any atom is -0.493 e. The van der Waals surface area contributed by atoms with Crippen molar-refractivity contribution in [3.05, 3.63) is 23.8 Å². The molecule has 0 atom stereocenters. The quantitative estimate of drug-likeness (QED) is 0.811. The van der Waals surface area contributed by atoms with Gasteiger partial charge in [0.05, 0.1) is 20.8 Å². The van der Waals surface area contributed by atoms with Crippen LogP contribution in [0.15, 0.2) is 18.2 Å². The zero-order valence-electron chi connectivity index (χ0n) is 12.9. The molecule has 1 aromatic carbocycles. The molecular formula is C17H24N2O2. The van der Waals surface area contributed by atoms with E-state index in [0.717, 1.165) is 50.5 Å². The Morgan fingerprint density at radius 1 is 1.24 bits per heavy atom. The Bertz CT molecular complexity index is 488. The van der Waals surface area contributed by atoms with E-state index in [-0.39, 0.29) is 0 Å². The zero-order valence-corrected chi connectivity index (χ0v) is 12.9. The fourth-order valence-corrected chi connectivity index (χ4v) is 2.68. The summed E-state index contributed by atoms with van der Waals surface area (Å²) in [5.41, 5.74) is 1.21. The number of hydrogen-bond acceptors (Lipinski definition) is 4. The van der Waals surface area contributed by atoms with Gasteiger partial charge in [-0.15, -0.1) is 6.42 Å². The van der Waals surface area contributed by atoms with Crippen molar-refractivity contribution in [2.75, 3.05) is 33.9 Å². The molecule has 0 aromatic heterocycles. The van der Waals surface area contributed by atoms with Crippen molar-refractivity contribution < 1.29 is 9.47 Å². The highest BCUT2D eigenvalue weighted by Gasteiger charge is 2.17. The summed E-state index contributed by atoms with van der Waals surface area (Å²) in [7, 11) is 3.32. The Hall–Kier alpha value is -1.70. The van der Waals surface area contributed by atoms with E-state index in [4.69, 9.17) is 15.9 Å². The third-order valence-electron chi connectivity index (χ3n) is 3.95. The van der Waals surface area contributed by atoms with E-state index in [1.807, 2.05) is 12.1 Å². The number of piperidine rings is 1. The van der Waals surface area contributed by atoms with Gasteiger partial charge < -0.3 is 14.8 Å². The molecule has 4 nitrogen and oxygen atoms in total. The summed E-state index contributed by atoms with van der Waals surface area (Å²) in [5.74, 6) is 4.26. The predicted octanol–water partition coefficient (Wildman–Crippen LogP) is 1.89. The maximum Gasteiger partial charge on any atom is 0.161 e. The van der Waals surface area contributed by atoms with Gasteiger partial charge in [0, 0.05) is 25.7 Å². The van der Waals surface area contributed by atoms with Crippen LogP contribution in [0.5, 0.6) is 11.5 Å². The molecule has 1 aliphatic rings. The standard InChI is InChI=1S/C17H24N2O2/c1-4-9-19-10-7-15(8-11-19)18-13-14-5-6-16(20-2)17(12-14)21-3/h1,5-6,12,15,18H,7-11,13H2,2-3H3. The number of likely N-dealkylation sites (tertiary alicyclic amines) is 1. The van der Waals surface area contributed by atoms with Gasteiger partial charge in [0.1, 0.15) is 0 Å². The Balaban J connectivity index is 1.83. The topological polar surface area (TPSA) is 33.7 Å². The van der Waals surface area contributed by atoms with Gasteiger partial charge in [-0.05, 0) is 30.5 Å². The highest BCUT2D eigenvalue weighted by atomic mass is 16.5. The molecule has 1 aromatic rings. The van der Waals surface area contributed by atoms with Crippen molar-refractivity contribution in [2.45, 2.75) is 25.4 Å². The molecule has 0 spiro atoms. The zero-order chi connectivity index (χ0) is 15.1. The summed E-state index contributed by atoms with van der Waals surface area (Å²) in [6.07, 6.45) is 7.65. The third-order valence-corrected chi connectivity index (χ3v) is 3.95. The average Bonchev–Trinajstić information content (AvgIpc) is 2.54. The lowest BCUT2D eigenvalue weighted by molar-refractivity contribution is 0.217. The summed E-state index contributed by atoms with van der Waals surface area (Å²) < 4.78 is 10.6. The van der Waals surface area contributed by atoms with Crippen molar-refractivity contribution >= 4 is 0 Å². The van der Waals surface area contributed by atoms with Crippen molar-refractivity contribution in [3.63, 3.8) is 0 Å². The minimum absolute atomic E-state index is 0.562. The monoisotopic (exact) mass is 288 g/mol. The first kappa shape index (κ1) is 15.7. The molecule has 0 bridgehead atoms. The molecule has 1 fully saturated rings. The molecular weight excluding hydrogens is 264 g/mol. The van der Waals surface area contributed by atoms with Crippen LogP contribution in [0.2, 0.25) is 0 Å². The van der Waals surface area contributed by atoms with Crippen LogP contribution in [0, 0.1) is 12.3 Å². The Labute approximate surface area is 127 Å².